The molecule has 0 fully saturated rings. The summed E-state index contributed by atoms with van der Waals surface area (Å²) in [5.41, 5.74) is 6.14. The average Bonchev–Trinajstić information content (AvgIpc) is 2.43. The van der Waals surface area contributed by atoms with Crippen molar-refractivity contribution in [1.29, 1.82) is 0 Å². The highest BCUT2D eigenvalue weighted by Crippen LogP contribution is 2.14. The van der Waals surface area contributed by atoms with Gasteiger partial charge in [-0.1, -0.05) is 31.3 Å². The van der Waals surface area contributed by atoms with Crippen LogP contribution in [0.25, 0.3) is 0 Å². The molecule has 0 bridgehead atoms. The molecule has 21 heavy (non-hydrogen) atoms. The monoisotopic (exact) mass is 328 g/mol. The number of nitrogens with two attached hydrogens (primary N) is 1. The number of hydrogen-bond acceptors (Lipinski definition) is 4. The van der Waals surface area contributed by atoms with Gasteiger partial charge in [0.15, 0.2) is 9.84 Å². The van der Waals surface area contributed by atoms with Crippen LogP contribution in [0.2, 0.25) is 0 Å². The maximum Gasteiger partial charge on any atom is 0.179 e. The van der Waals surface area contributed by atoms with E-state index in [0.29, 0.717) is 18.2 Å². The van der Waals surface area contributed by atoms with Crippen LogP contribution in [-0.2, 0) is 9.84 Å². The second kappa shape index (κ2) is 7.87. The Bertz CT molecular complexity index is 583. The molecule has 1 aromatic carbocycles. The Hall–Kier alpha value is -0.980. The van der Waals surface area contributed by atoms with Crippen LogP contribution in [-0.4, -0.2) is 43.2 Å². The number of nitrogens with zero attached hydrogens (tertiary/aromatic N) is 1. The van der Waals surface area contributed by atoms with E-state index in [1.54, 1.807) is 24.3 Å². The summed E-state index contributed by atoms with van der Waals surface area (Å²) in [6.07, 6.45) is 1.01. The molecule has 0 aliphatic heterocycles. The van der Waals surface area contributed by atoms with E-state index in [2.05, 4.69) is 25.7 Å². The second-order valence-corrected chi connectivity index (χ2v) is 7.89. The summed E-state index contributed by atoms with van der Waals surface area (Å²) in [7, 11) is -3.32. The van der Waals surface area contributed by atoms with Gasteiger partial charge in [-0.05, 0) is 38.9 Å². The Kier molecular flexibility index (Phi) is 6.77. The maximum absolute atomic E-state index is 12.4. The predicted octanol–water partition coefficient (Wildman–Crippen LogP) is 2.21. The fraction of sp³-hybridized carbons (Fsp3) is 0.533. The highest BCUT2D eigenvalue weighted by atomic mass is 32.2. The molecule has 0 aromatic heterocycles. The van der Waals surface area contributed by atoms with E-state index >= 15 is 0 Å². The van der Waals surface area contributed by atoms with Crippen LogP contribution in [0.3, 0.4) is 0 Å². The third-order valence-corrected chi connectivity index (χ3v) is 5.29. The Morgan fingerprint density at radius 1 is 1.33 bits per heavy atom. The normalized spacial score (nSPS) is 12.0. The molecule has 118 valence electrons. The van der Waals surface area contributed by atoms with Gasteiger partial charge in [0.05, 0.1) is 10.6 Å². The van der Waals surface area contributed by atoms with Gasteiger partial charge in [-0.15, -0.1) is 0 Å². The van der Waals surface area contributed by atoms with Crippen molar-refractivity contribution in [3.8, 4) is 0 Å². The van der Waals surface area contributed by atoms with Gasteiger partial charge in [-0.25, -0.2) is 8.42 Å². The molecule has 0 unspecified atom stereocenters. The quantitative estimate of drug-likeness (QED) is 0.741. The molecule has 0 aliphatic rings. The molecule has 0 saturated heterocycles. The first kappa shape index (κ1) is 18.1. The van der Waals surface area contributed by atoms with Crippen molar-refractivity contribution in [3.05, 3.63) is 29.8 Å². The van der Waals surface area contributed by atoms with Crippen molar-refractivity contribution in [2.75, 3.05) is 18.8 Å². The first-order chi connectivity index (χ1) is 9.77. The van der Waals surface area contributed by atoms with Crippen LogP contribution in [0.1, 0.15) is 32.8 Å². The van der Waals surface area contributed by atoms with E-state index in [4.69, 9.17) is 18.0 Å². The smallest absolute Gasteiger partial charge is 0.179 e. The van der Waals surface area contributed by atoms with Gasteiger partial charge in [-0.3, -0.25) is 4.90 Å². The molecule has 1 aromatic rings. The van der Waals surface area contributed by atoms with E-state index in [9.17, 15) is 8.42 Å². The highest BCUT2D eigenvalue weighted by Gasteiger charge is 2.18. The number of hydrogen-bond donors (Lipinski definition) is 1. The van der Waals surface area contributed by atoms with Crippen molar-refractivity contribution in [2.24, 2.45) is 5.73 Å². The Labute approximate surface area is 133 Å². The molecule has 4 nitrogen and oxygen atoms in total. The molecular formula is C15H24N2O2S2. The van der Waals surface area contributed by atoms with E-state index in [-0.39, 0.29) is 15.6 Å². The van der Waals surface area contributed by atoms with Gasteiger partial charge in [0, 0.05) is 18.2 Å². The molecule has 2 N–H and O–H groups in total. The van der Waals surface area contributed by atoms with Crippen LogP contribution >= 0.6 is 12.2 Å². The standard InChI is InChI=1S/C15H24N2O2S2/c1-4-8-17(12(2)3)9-10-21(18,19)14-7-5-6-13(11-14)15(16)20/h5-7,11-12H,4,8-10H2,1-3H3,(H2,16,20). The van der Waals surface area contributed by atoms with Gasteiger partial charge in [0.1, 0.15) is 4.99 Å². The molecule has 1 rings (SSSR count). The lowest BCUT2D eigenvalue weighted by atomic mass is 10.2. The lowest BCUT2D eigenvalue weighted by Crippen LogP contribution is -2.35. The van der Waals surface area contributed by atoms with Crippen LogP contribution in [0, 0.1) is 0 Å². The summed E-state index contributed by atoms with van der Waals surface area (Å²) in [5.74, 6) is 0.103. The Balaban J connectivity index is 2.86. The van der Waals surface area contributed by atoms with Crippen LogP contribution in [0.15, 0.2) is 29.2 Å². The van der Waals surface area contributed by atoms with Gasteiger partial charge in [0.2, 0.25) is 0 Å². The highest BCUT2D eigenvalue weighted by molar-refractivity contribution is 7.91. The van der Waals surface area contributed by atoms with Crippen molar-refractivity contribution in [1.82, 2.24) is 4.90 Å². The fourth-order valence-corrected chi connectivity index (χ4v) is 3.54. The third kappa shape index (κ3) is 5.37. The molecule has 0 radical (unpaired) electrons. The van der Waals surface area contributed by atoms with Gasteiger partial charge >= 0.3 is 0 Å². The summed E-state index contributed by atoms with van der Waals surface area (Å²) in [5, 5.41) is 0. The number of thiocarbonyl (C=S) groups is 1. The zero-order valence-electron chi connectivity index (χ0n) is 12.9. The van der Waals surface area contributed by atoms with Crippen molar-refractivity contribution >= 4 is 27.0 Å². The van der Waals surface area contributed by atoms with Crippen molar-refractivity contribution < 1.29 is 8.42 Å². The third-order valence-electron chi connectivity index (χ3n) is 3.37. The molecule has 0 amide bonds. The van der Waals surface area contributed by atoms with E-state index in [1.807, 2.05) is 0 Å². The van der Waals surface area contributed by atoms with Crippen LogP contribution in [0.5, 0.6) is 0 Å². The second-order valence-electron chi connectivity index (χ2n) is 5.34. The van der Waals surface area contributed by atoms with E-state index in [1.165, 1.54) is 0 Å². The van der Waals surface area contributed by atoms with E-state index in [0.717, 1.165) is 13.0 Å². The number of benzene rings is 1. The minimum absolute atomic E-state index is 0.103. The first-order valence-corrected chi connectivity index (χ1v) is 9.20. The Morgan fingerprint density at radius 3 is 2.52 bits per heavy atom. The Morgan fingerprint density at radius 2 is 2.00 bits per heavy atom. The van der Waals surface area contributed by atoms with Gasteiger partial charge in [0.25, 0.3) is 0 Å². The fourth-order valence-electron chi connectivity index (χ4n) is 2.11. The summed E-state index contributed by atoms with van der Waals surface area (Å²) >= 11 is 4.89. The van der Waals surface area contributed by atoms with Crippen LogP contribution in [0.4, 0.5) is 0 Å². The molecule has 0 saturated carbocycles. The zero-order chi connectivity index (χ0) is 16.0. The largest absolute Gasteiger partial charge is 0.389 e. The van der Waals surface area contributed by atoms with Crippen molar-refractivity contribution in [2.45, 2.75) is 38.1 Å². The van der Waals surface area contributed by atoms with Gasteiger partial charge in [-0.2, -0.15) is 0 Å². The molecule has 0 atom stereocenters. The summed E-state index contributed by atoms with van der Waals surface area (Å²) in [4.78, 5) is 2.67. The summed E-state index contributed by atoms with van der Waals surface area (Å²) < 4.78 is 24.9. The summed E-state index contributed by atoms with van der Waals surface area (Å²) in [6, 6.07) is 6.88. The number of sulfone groups is 1. The zero-order valence-corrected chi connectivity index (χ0v) is 14.5. The minimum Gasteiger partial charge on any atom is -0.389 e. The van der Waals surface area contributed by atoms with Crippen molar-refractivity contribution in [3.63, 3.8) is 0 Å². The lowest BCUT2D eigenvalue weighted by molar-refractivity contribution is 0.235. The van der Waals surface area contributed by atoms with Crippen LogP contribution < -0.4 is 5.73 Å². The average molecular weight is 329 g/mol. The molecule has 6 heteroatoms. The maximum atomic E-state index is 12.4. The minimum atomic E-state index is -3.32. The summed E-state index contributed by atoms with van der Waals surface area (Å²) in [6.45, 7) is 7.69. The molecule has 0 spiro atoms. The molecule has 0 aliphatic carbocycles. The SMILES string of the molecule is CCCN(CCS(=O)(=O)c1cccc(C(N)=S)c1)C(C)C. The number of rotatable bonds is 8. The molecular weight excluding hydrogens is 304 g/mol. The first-order valence-electron chi connectivity index (χ1n) is 7.14. The van der Waals surface area contributed by atoms with E-state index < -0.39 is 9.84 Å². The lowest BCUT2D eigenvalue weighted by Gasteiger charge is -2.25. The predicted molar refractivity (Wildman–Crippen MR) is 91.4 cm³/mol. The molecule has 0 heterocycles. The van der Waals surface area contributed by atoms with Gasteiger partial charge < -0.3 is 5.73 Å². The topological polar surface area (TPSA) is 63.4 Å².